The van der Waals surface area contributed by atoms with Crippen LogP contribution in [-0.4, -0.2) is 22.5 Å². The van der Waals surface area contributed by atoms with E-state index in [1.54, 1.807) is 13.8 Å². The molecule has 9 heteroatoms. The summed E-state index contributed by atoms with van der Waals surface area (Å²) in [5.74, 6) is -0.155. The molecule has 0 atom stereocenters. The van der Waals surface area contributed by atoms with Gasteiger partial charge in [-0.15, -0.1) is 0 Å². The van der Waals surface area contributed by atoms with Crippen molar-refractivity contribution in [2.75, 3.05) is 6.61 Å². The molecule has 27 heavy (non-hydrogen) atoms. The summed E-state index contributed by atoms with van der Waals surface area (Å²) in [5.41, 5.74) is -0.560. The first-order chi connectivity index (χ1) is 12.8. The van der Waals surface area contributed by atoms with E-state index in [-0.39, 0.29) is 30.2 Å². The molecule has 3 heterocycles. The zero-order valence-corrected chi connectivity index (χ0v) is 14.5. The third kappa shape index (κ3) is 3.86. The lowest BCUT2D eigenvalue weighted by Crippen LogP contribution is -2.13. The number of rotatable bonds is 5. The first-order valence-corrected chi connectivity index (χ1v) is 8.01. The van der Waals surface area contributed by atoms with E-state index < -0.39 is 17.8 Å². The van der Waals surface area contributed by atoms with Gasteiger partial charge in [0.15, 0.2) is 11.3 Å². The Balaban J connectivity index is 1.89. The molecular weight excluding hydrogens is 365 g/mol. The van der Waals surface area contributed by atoms with Gasteiger partial charge in [0.25, 0.3) is 0 Å². The molecular formula is C18H15F3N2O4. The van der Waals surface area contributed by atoms with Crippen molar-refractivity contribution in [1.29, 1.82) is 0 Å². The number of hydrogen-bond acceptors (Lipinski definition) is 6. The van der Waals surface area contributed by atoms with E-state index in [4.69, 9.17) is 13.9 Å². The van der Waals surface area contributed by atoms with Crippen LogP contribution in [0.5, 0.6) is 5.88 Å². The van der Waals surface area contributed by atoms with Crippen LogP contribution in [-0.2, 0) is 17.5 Å². The number of carbonyl (C=O) groups is 1. The Hall–Kier alpha value is -3.10. The predicted octanol–water partition coefficient (Wildman–Crippen LogP) is 4.31. The summed E-state index contributed by atoms with van der Waals surface area (Å²) in [6.45, 7) is 3.10. The van der Waals surface area contributed by atoms with Crippen molar-refractivity contribution in [3.05, 3.63) is 53.2 Å². The van der Waals surface area contributed by atoms with Crippen LogP contribution in [0.3, 0.4) is 0 Å². The summed E-state index contributed by atoms with van der Waals surface area (Å²) in [4.78, 5) is 19.5. The van der Waals surface area contributed by atoms with E-state index in [1.807, 2.05) is 0 Å². The van der Waals surface area contributed by atoms with Crippen LogP contribution in [0.15, 0.2) is 35.0 Å². The molecule has 3 rings (SSSR count). The van der Waals surface area contributed by atoms with Crippen LogP contribution >= 0.6 is 0 Å². The van der Waals surface area contributed by atoms with E-state index >= 15 is 0 Å². The van der Waals surface area contributed by atoms with Gasteiger partial charge in [-0.3, -0.25) is 4.98 Å². The van der Waals surface area contributed by atoms with Crippen LogP contribution in [0.1, 0.15) is 34.3 Å². The third-order valence-electron chi connectivity index (χ3n) is 3.74. The predicted molar refractivity (Wildman–Crippen MR) is 88.3 cm³/mol. The molecule has 0 radical (unpaired) electrons. The summed E-state index contributed by atoms with van der Waals surface area (Å²) < 4.78 is 54.9. The molecule has 0 saturated heterocycles. The number of alkyl halides is 3. The van der Waals surface area contributed by atoms with Gasteiger partial charge in [0.2, 0.25) is 5.88 Å². The van der Waals surface area contributed by atoms with Gasteiger partial charge in [0, 0.05) is 23.2 Å². The number of carbonyl (C=O) groups excluding carboxylic acids is 1. The highest BCUT2D eigenvalue weighted by molar-refractivity contribution is 6.04. The van der Waals surface area contributed by atoms with E-state index in [2.05, 4.69) is 9.97 Å². The van der Waals surface area contributed by atoms with Crippen molar-refractivity contribution in [3.8, 4) is 5.88 Å². The third-order valence-corrected chi connectivity index (χ3v) is 3.74. The highest BCUT2D eigenvalue weighted by Gasteiger charge is 2.35. The quantitative estimate of drug-likeness (QED) is 0.614. The topological polar surface area (TPSA) is 74.5 Å². The summed E-state index contributed by atoms with van der Waals surface area (Å²) in [5, 5.41) is 0.415. The lowest BCUT2D eigenvalue weighted by molar-refractivity contribution is -0.142. The second-order valence-corrected chi connectivity index (χ2v) is 5.57. The fraction of sp³-hybridized carbons (Fsp3) is 0.278. The number of aryl methyl sites for hydroxylation is 1. The number of esters is 1. The number of furan rings is 1. The zero-order valence-electron chi connectivity index (χ0n) is 14.5. The molecule has 0 fully saturated rings. The molecule has 0 spiro atoms. The van der Waals surface area contributed by atoms with Gasteiger partial charge in [-0.25, -0.2) is 9.78 Å². The largest absolute Gasteiger partial charge is 0.473 e. The summed E-state index contributed by atoms with van der Waals surface area (Å²) in [6.07, 6.45) is -2.18. The van der Waals surface area contributed by atoms with Crippen LogP contribution in [0.2, 0.25) is 0 Å². The van der Waals surface area contributed by atoms with Gasteiger partial charge < -0.3 is 13.9 Å². The smallest absolute Gasteiger partial charge is 0.433 e. The van der Waals surface area contributed by atoms with Crippen LogP contribution in [0, 0.1) is 6.92 Å². The van der Waals surface area contributed by atoms with Gasteiger partial charge in [-0.1, -0.05) is 6.07 Å². The maximum absolute atomic E-state index is 13.0. The number of halogens is 3. The fourth-order valence-electron chi connectivity index (χ4n) is 2.60. The number of aromatic nitrogens is 2. The monoisotopic (exact) mass is 380 g/mol. The minimum absolute atomic E-state index is 0.0471. The Morgan fingerprint density at radius 2 is 2.07 bits per heavy atom. The Morgan fingerprint density at radius 3 is 2.78 bits per heavy atom. The number of nitrogens with zero attached hydrogens (tertiary/aromatic N) is 2. The average Bonchev–Trinajstić information content (AvgIpc) is 2.94. The molecule has 0 bridgehead atoms. The highest BCUT2D eigenvalue weighted by atomic mass is 19.4. The van der Waals surface area contributed by atoms with Gasteiger partial charge in [0.05, 0.1) is 12.8 Å². The second kappa shape index (κ2) is 7.26. The Morgan fingerprint density at radius 1 is 1.30 bits per heavy atom. The van der Waals surface area contributed by atoms with E-state index in [0.717, 1.165) is 6.20 Å². The van der Waals surface area contributed by atoms with Crippen LogP contribution in [0.25, 0.3) is 11.0 Å². The molecule has 0 aliphatic rings. The Bertz CT molecular complexity index is 982. The van der Waals surface area contributed by atoms with E-state index in [9.17, 15) is 18.0 Å². The lowest BCUT2D eigenvalue weighted by atomic mass is 10.1. The van der Waals surface area contributed by atoms with E-state index in [1.165, 1.54) is 24.4 Å². The molecule has 6 nitrogen and oxygen atoms in total. The average molecular weight is 380 g/mol. The number of ether oxygens (including phenoxy) is 2. The van der Waals surface area contributed by atoms with Crippen molar-refractivity contribution in [2.45, 2.75) is 26.6 Å². The van der Waals surface area contributed by atoms with Crippen molar-refractivity contribution in [2.24, 2.45) is 0 Å². The maximum Gasteiger partial charge on any atom is 0.433 e. The van der Waals surface area contributed by atoms with Gasteiger partial charge in [0.1, 0.15) is 17.9 Å². The van der Waals surface area contributed by atoms with Crippen molar-refractivity contribution in [1.82, 2.24) is 9.97 Å². The zero-order chi connectivity index (χ0) is 19.6. The molecule has 0 aromatic carbocycles. The summed E-state index contributed by atoms with van der Waals surface area (Å²) in [6, 6.07) is 4.10. The minimum Gasteiger partial charge on any atom is -0.473 e. The van der Waals surface area contributed by atoms with Gasteiger partial charge in [-0.2, -0.15) is 13.2 Å². The molecule has 0 aliphatic heterocycles. The normalized spacial score (nSPS) is 11.6. The molecule has 0 unspecified atom stereocenters. The molecule has 0 N–H and O–H groups in total. The SMILES string of the molecule is CCOC(=O)c1c(C)oc2cnc(OCc3cccnc3C(F)(F)F)cc12. The second-order valence-electron chi connectivity index (χ2n) is 5.57. The Labute approximate surface area is 151 Å². The summed E-state index contributed by atoms with van der Waals surface area (Å²) in [7, 11) is 0. The summed E-state index contributed by atoms with van der Waals surface area (Å²) >= 11 is 0. The lowest BCUT2D eigenvalue weighted by Gasteiger charge is -2.12. The molecule has 3 aromatic rings. The number of fused-ring (bicyclic) bond motifs is 1. The minimum atomic E-state index is -4.59. The standard InChI is InChI=1S/C18H15F3N2O4/c1-3-25-17(24)15-10(2)27-13-8-23-14(7-12(13)15)26-9-11-5-4-6-22-16(11)18(19,20)21/h4-8H,3,9H2,1-2H3. The first-order valence-electron chi connectivity index (χ1n) is 8.01. The van der Waals surface area contributed by atoms with Crippen molar-refractivity contribution < 1.29 is 31.9 Å². The van der Waals surface area contributed by atoms with Crippen LogP contribution < -0.4 is 4.74 Å². The maximum atomic E-state index is 13.0. The Kier molecular flexibility index (Phi) is 5.02. The molecule has 0 amide bonds. The molecule has 0 aliphatic carbocycles. The van der Waals surface area contributed by atoms with Gasteiger partial charge >= 0.3 is 12.1 Å². The molecule has 142 valence electrons. The number of pyridine rings is 2. The first kappa shape index (κ1) is 18.7. The highest BCUT2D eigenvalue weighted by Crippen LogP contribution is 2.31. The van der Waals surface area contributed by atoms with Crippen molar-refractivity contribution in [3.63, 3.8) is 0 Å². The van der Waals surface area contributed by atoms with Crippen LogP contribution in [0.4, 0.5) is 13.2 Å². The molecule has 3 aromatic heterocycles. The fourth-order valence-corrected chi connectivity index (χ4v) is 2.60. The van der Waals surface area contributed by atoms with Gasteiger partial charge in [-0.05, 0) is 19.9 Å². The molecule has 0 saturated carbocycles. The van der Waals surface area contributed by atoms with Crippen molar-refractivity contribution >= 4 is 16.9 Å². The number of hydrogen-bond donors (Lipinski definition) is 0. The van der Waals surface area contributed by atoms with E-state index in [0.29, 0.717) is 16.7 Å².